The van der Waals surface area contributed by atoms with E-state index < -0.39 is 17.1 Å². The Morgan fingerprint density at radius 1 is 1.32 bits per heavy atom. The zero-order valence-electron chi connectivity index (χ0n) is 10.7. The quantitative estimate of drug-likeness (QED) is 0.912. The van der Waals surface area contributed by atoms with Gasteiger partial charge in [0.1, 0.15) is 0 Å². The van der Waals surface area contributed by atoms with Gasteiger partial charge in [-0.2, -0.15) is 5.10 Å². The number of aryl methyl sites for hydroxylation is 1. The van der Waals surface area contributed by atoms with Crippen LogP contribution in [0.1, 0.15) is 34.7 Å². The summed E-state index contributed by atoms with van der Waals surface area (Å²) in [6.45, 7) is 3.64. The fourth-order valence-corrected chi connectivity index (χ4v) is 1.97. The maximum absolute atomic E-state index is 11.5. The van der Waals surface area contributed by atoms with E-state index in [1.165, 1.54) is 6.07 Å². The van der Waals surface area contributed by atoms with Crippen molar-refractivity contribution in [2.24, 2.45) is 0 Å². The van der Waals surface area contributed by atoms with Crippen LogP contribution in [0.5, 0.6) is 0 Å². The first-order chi connectivity index (χ1) is 9.00. The van der Waals surface area contributed by atoms with Crippen LogP contribution in [0.2, 0.25) is 0 Å². The van der Waals surface area contributed by atoms with E-state index in [4.69, 9.17) is 5.11 Å². The zero-order valence-corrected chi connectivity index (χ0v) is 10.7. The smallest absolute Gasteiger partial charge is 0.360 e. The van der Waals surface area contributed by atoms with Crippen molar-refractivity contribution in [3.63, 3.8) is 0 Å². The molecule has 0 spiro atoms. The van der Waals surface area contributed by atoms with Crippen LogP contribution >= 0.6 is 0 Å². The summed E-state index contributed by atoms with van der Waals surface area (Å²) in [4.78, 5) is 22.5. The molecule has 98 valence electrons. The normalized spacial score (nSPS) is 12.1. The molecule has 1 aromatic carbocycles. The van der Waals surface area contributed by atoms with Crippen LogP contribution in [0.3, 0.4) is 0 Å². The second-order valence-electron chi connectivity index (χ2n) is 4.33. The SMILES string of the molecule is Cc1cc(=O)c(C(=O)O)nn1C(C)c1ccccc1. The number of hydrogen-bond donors (Lipinski definition) is 1. The highest BCUT2D eigenvalue weighted by molar-refractivity contribution is 5.84. The van der Waals surface area contributed by atoms with Gasteiger partial charge in [0.05, 0.1) is 6.04 Å². The summed E-state index contributed by atoms with van der Waals surface area (Å²) in [5, 5.41) is 12.9. The monoisotopic (exact) mass is 258 g/mol. The minimum absolute atomic E-state index is 0.139. The third-order valence-electron chi connectivity index (χ3n) is 2.99. The first kappa shape index (κ1) is 13.0. The maximum Gasteiger partial charge on any atom is 0.360 e. The Morgan fingerprint density at radius 3 is 2.53 bits per heavy atom. The molecule has 19 heavy (non-hydrogen) atoms. The summed E-state index contributed by atoms with van der Waals surface area (Å²) < 4.78 is 1.56. The van der Waals surface area contributed by atoms with Gasteiger partial charge in [0.25, 0.3) is 0 Å². The number of nitrogens with zero attached hydrogens (tertiary/aromatic N) is 2. The minimum Gasteiger partial charge on any atom is -0.476 e. The molecule has 0 radical (unpaired) electrons. The third-order valence-corrected chi connectivity index (χ3v) is 2.99. The molecule has 5 heteroatoms. The summed E-state index contributed by atoms with van der Waals surface area (Å²) in [7, 11) is 0. The summed E-state index contributed by atoms with van der Waals surface area (Å²) >= 11 is 0. The van der Waals surface area contributed by atoms with E-state index in [2.05, 4.69) is 5.10 Å². The number of hydrogen-bond acceptors (Lipinski definition) is 3. The summed E-state index contributed by atoms with van der Waals surface area (Å²) in [6, 6.07) is 10.7. The highest BCUT2D eigenvalue weighted by Gasteiger charge is 2.16. The van der Waals surface area contributed by atoms with Crippen LogP contribution in [0, 0.1) is 6.92 Å². The first-order valence-corrected chi connectivity index (χ1v) is 5.89. The lowest BCUT2D eigenvalue weighted by Gasteiger charge is -2.18. The van der Waals surface area contributed by atoms with E-state index in [0.717, 1.165) is 5.56 Å². The summed E-state index contributed by atoms with van der Waals surface area (Å²) in [5.74, 6) is -1.31. The Labute approximate surface area is 110 Å². The van der Waals surface area contributed by atoms with Gasteiger partial charge in [-0.05, 0) is 19.4 Å². The number of benzene rings is 1. The standard InChI is InChI=1S/C14H14N2O3/c1-9-8-12(17)13(14(18)19)15-16(9)10(2)11-6-4-3-5-7-11/h3-8,10H,1-2H3,(H,18,19). The molecule has 1 heterocycles. The molecule has 0 saturated heterocycles. The Morgan fingerprint density at radius 2 is 1.95 bits per heavy atom. The zero-order chi connectivity index (χ0) is 14.0. The predicted molar refractivity (Wildman–Crippen MR) is 70.4 cm³/mol. The van der Waals surface area contributed by atoms with Crippen LogP contribution < -0.4 is 5.43 Å². The molecule has 2 rings (SSSR count). The lowest BCUT2D eigenvalue weighted by atomic mass is 10.1. The average molecular weight is 258 g/mol. The van der Waals surface area contributed by atoms with Crippen molar-refractivity contribution in [1.29, 1.82) is 0 Å². The Bertz CT molecular complexity index is 662. The van der Waals surface area contributed by atoms with E-state index in [1.807, 2.05) is 37.3 Å². The molecular weight excluding hydrogens is 244 g/mol. The molecular formula is C14H14N2O3. The number of carboxylic acid groups (broad SMARTS) is 1. The third kappa shape index (κ3) is 2.54. The van der Waals surface area contributed by atoms with Crippen LogP contribution in [-0.4, -0.2) is 20.9 Å². The molecule has 1 unspecified atom stereocenters. The molecule has 0 aliphatic carbocycles. The van der Waals surface area contributed by atoms with Crippen molar-refractivity contribution >= 4 is 5.97 Å². The van der Waals surface area contributed by atoms with Gasteiger partial charge in [-0.15, -0.1) is 0 Å². The van der Waals surface area contributed by atoms with E-state index in [0.29, 0.717) is 5.69 Å². The van der Waals surface area contributed by atoms with Crippen molar-refractivity contribution in [2.45, 2.75) is 19.9 Å². The largest absolute Gasteiger partial charge is 0.476 e. The van der Waals surface area contributed by atoms with Crippen LogP contribution in [0.25, 0.3) is 0 Å². The Hall–Kier alpha value is -2.43. The van der Waals surface area contributed by atoms with Crippen molar-refractivity contribution in [3.8, 4) is 0 Å². The fourth-order valence-electron chi connectivity index (χ4n) is 1.97. The molecule has 0 aliphatic rings. The molecule has 0 aliphatic heterocycles. The number of aromatic nitrogens is 2. The van der Waals surface area contributed by atoms with Crippen molar-refractivity contribution in [3.05, 3.63) is 63.6 Å². The van der Waals surface area contributed by atoms with Crippen molar-refractivity contribution in [2.75, 3.05) is 0 Å². The Balaban J connectivity index is 2.54. The van der Waals surface area contributed by atoms with Gasteiger partial charge in [0, 0.05) is 11.8 Å². The molecule has 0 fully saturated rings. The van der Waals surface area contributed by atoms with E-state index in [1.54, 1.807) is 11.6 Å². The molecule has 0 amide bonds. The van der Waals surface area contributed by atoms with E-state index >= 15 is 0 Å². The first-order valence-electron chi connectivity index (χ1n) is 5.89. The average Bonchev–Trinajstić information content (AvgIpc) is 2.38. The Kier molecular flexibility index (Phi) is 3.46. The van der Waals surface area contributed by atoms with Crippen molar-refractivity contribution in [1.82, 2.24) is 9.78 Å². The van der Waals surface area contributed by atoms with Gasteiger partial charge in [0.15, 0.2) is 0 Å². The molecule has 2 aromatic rings. The topological polar surface area (TPSA) is 72.2 Å². The van der Waals surface area contributed by atoms with Gasteiger partial charge in [-0.1, -0.05) is 30.3 Å². The number of carbonyl (C=O) groups is 1. The van der Waals surface area contributed by atoms with E-state index in [9.17, 15) is 9.59 Å². The number of aromatic carboxylic acids is 1. The summed E-state index contributed by atoms with van der Waals surface area (Å²) in [6.07, 6.45) is 0. The molecule has 1 N–H and O–H groups in total. The molecule has 5 nitrogen and oxygen atoms in total. The molecule has 0 bridgehead atoms. The van der Waals surface area contributed by atoms with Gasteiger partial charge in [-0.25, -0.2) is 4.79 Å². The fraction of sp³-hybridized carbons (Fsp3) is 0.214. The van der Waals surface area contributed by atoms with Crippen molar-refractivity contribution < 1.29 is 9.90 Å². The van der Waals surface area contributed by atoms with Gasteiger partial charge < -0.3 is 5.11 Å². The van der Waals surface area contributed by atoms with Crippen LogP contribution in [-0.2, 0) is 0 Å². The van der Waals surface area contributed by atoms with Crippen LogP contribution in [0.15, 0.2) is 41.2 Å². The molecule has 1 atom stereocenters. The minimum atomic E-state index is -1.31. The van der Waals surface area contributed by atoms with Gasteiger partial charge in [0.2, 0.25) is 11.1 Å². The lowest BCUT2D eigenvalue weighted by molar-refractivity contribution is 0.0685. The number of rotatable bonds is 3. The highest BCUT2D eigenvalue weighted by Crippen LogP contribution is 2.17. The highest BCUT2D eigenvalue weighted by atomic mass is 16.4. The van der Waals surface area contributed by atoms with Gasteiger partial charge in [-0.3, -0.25) is 9.48 Å². The molecule has 0 saturated carbocycles. The van der Waals surface area contributed by atoms with Gasteiger partial charge >= 0.3 is 5.97 Å². The lowest BCUT2D eigenvalue weighted by Crippen LogP contribution is -2.25. The van der Waals surface area contributed by atoms with Crippen LogP contribution in [0.4, 0.5) is 0 Å². The number of carboxylic acids is 1. The van der Waals surface area contributed by atoms with E-state index in [-0.39, 0.29) is 6.04 Å². The predicted octanol–water partition coefficient (Wildman–Crippen LogP) is 1.86. The molecule has 1 aromatic heterocycles. The second-order valence-corrected chi connectivity index (χ2v) is 4.33. The maximum atomic E-state index is 11.5. The summed E-state index contributed by atoms with van der Waals surface area (Å²) in [5.41, 5.74) is 0.610. The second kappa shape index (κ2) is 5.06.